The Labute approximate surface area is 150 Å². The highest BCUT2D eigenvalue weighted by atomic mass is 35.5. The number of amides is 1. The monoisotopic (exact) mass is 362 g/mol. The van der Waals surface area contributed by atoms with Crippen molar-refractivity contribution in [2.45, 2.75) is 6.54 Å². The van der Waals surface area contributed by atoms with Gasteiger partial charge in [-0.3, -0.25) is 9.69 Å². The number of nitrogens with one attached hydrogen (secondary N) is 1. The summed E-state index contributed by atoms with van der Waals surface area (Å²) >= 11 is 8.18. The Kier molecular flexibility index (Phi) is 5.60. The molecule has 7 heteroatoms. The fraction of sp³-hybridized carbons (Fsp3) is 0.294. The lowest BCUT2D eigenvalue weighted by atomic mass is 10.2. The minimum absolute atomic E-state index is 0.294. The van der Waals surface area contributed by atoms with Crippen molar-refractivity contribution in [1.29, 1.82) is 0 Å². The van der Waals surface area contributed by atoms with Gasteiger partial charge in [-0.25, -0.2) is 4.98 Å². The number of hydrogen-bond donors (Lipinski definition) is 2. The SMILES string of the molecule is NC(=O)c1cnc(Nc2cccc(CN3CCSCC3)c2)c(Cl)c1. The molecule has 1 aliphatic heterocycles. The summed E-state index contributed by atoms with van der Waals surface area (Å²) in [4.78, 5) is 17.8. The number of thioether (sulfide) groups is 1. The van der Waals surface area contributed by atoms with Gasteiger partial charge in [0.2, 0.25) is 5.91 Å². The Morgan fingerprint density at radius 2 is 2.12 bits per heavy atom. The van der Waals surface area contributed by atoms with Crippen molar-refractivity contribution >= 4 is 40.8 Å². The minimum atomic E-state index is -0.544. The molecule has 0 atom stereocenters. The van der Waals surface area contributed by atoms with Crippen molar-refractivity contribution in [1.82, 2.24) is 9.88 Å². The van der Waals surface area contributed by atoms with Gasteiger partial charge in [0.25, 0.3) is 0 Å². The smallest absolute Gasteiger partial charge is 0.250 e. The Bertz CT molecular complexity index is 734. The third kappa shape index (κ3) is 4.41. The van der Waals surface area contributed by atoms with E-state index in [-0.39, 0.29) is 0 Å². The zero-order valence-corrected chi connectivity index (χ0v) is 14.7. The van der Waals surface area contributed by atoms with Crippen LogP contribution in [0, 0.1) is 0 Å². The Morgan fingerprint density at radius 1 is 1.33 bits per heavy atom. The number of hydrogen-bond acceptors (Lipinski definition) is 5. The number of carbonyl (C=O) groups is 1. The van der Waals surface area contributed by atoms with E-state index >= 15 is 0 Å². The van der Waals surface area contributed by atoms with Crippen LogP contribution in [-0.4, -0.2) is 40.4 Å². The van der Waals surface area contributed by atoms with E-state index in [2.05, 4.69) is 27.3 Å². The number of anilines is 2. The van der Waals surface area contributed by atoms with Gasteiger partial charge in [0, 0.05) is 43.0 Å². The molecule has 0 unspecified atom stereocenters. The van der Waals surface area contributed by atoms with Gasteiger partial charge >= 0.3 is 0 Å². The van der Waals surface area contributed by atoms with Crippen molar-refractivity contribution in [3.05, 3.63) is 52.7 Å². The quantitative estimate of drug-likeness (QED) is 0.855. The largest absolute Gasteiger partial charge is 0.366 e. The zero-order chi connectivity index (χ0) is 16.9. The maximum Gasteiger partial charge on any atom is 0.250 e. The molecule has 0 bridgehead atoms. The van der Waals surface area contributed by atoms with Crippen molar-refractivity contribution in [2.24, 2.45) is 5.73 Å². The molecule has 0 radical (unpaired) electrons. The van der Waals surface area contributed by atoms with Gasteiger partial charge < -0.3 is 11.1 Å². The van der Waals surface area contributed by atoms with Crippen LogP contribution in [0.15, 0.2) is 36.5 Å². The molecule has 5 nitrogen and oxygen atoms in total. The van der Waals surface area contributed by atoms with Crippen molar-refractivity contribution < 1.29 is 4.79 Å². The fourth-order valence-electron chi connectivity index (χ4n) is 2.57. The summed E-state index contributed by atoms with van der Waals surface area (Å²) in [5, 5.41) is 3.56. The zero-order valence-electron chi connectivity index (χ0n) is 13.2. The predicted octanol–water partition coefficient (Wildman–Crippen LogP) is 3.13. The highest BCUT2D eigenvalue weighted by Gasteiger charge is 2.11. The van der Waals surface area contributed by atoms with Gasteiger partial charge in [-0.05, 0) is 23.8 Å². The first-order valence-electron chi connectivity index (χ1n) is 7.73. The summed E-state index contributed by atoms with van der Waals surface area (Å²) in [6, 6.07) is 9.73. The number of primary amides is 1. The molecular formula is C17H19ClN4OS. The van der Waals surface area contributed by atoms with Crippen LogP contribution in [-0.2, 0) is 6.54 Å². The molecule has 3 N–H and O–H groups in total. The maximum atomic E-state index is 11.2. The Hall–Kier alpha value is -1.76. The van der Waals surface area contributed by atoms with Gasteiger partial charge in [-0.1, -0.05) is 23.7 Å². The minimum Gasteiger partial charge on any atom is -0.366 e. The normalized spacial score (nSPS) is 15.2. The lowest BCUT2D eigenvalue weighted by Crippen LogP contribution is -2.31. The Morgan fingerprint density at radius 3 is 2.83 bits per heavy atom. The molecule has 0 saturated carbocycles. The molecule has 1 amide bonds. The molecule has 1 aromatic carbocycles. The first kappa shape index (κ1) is 17.1. The van der Waals surface area contributed by atoms with Crippen LogP contribution in [0.3, 0.4) is 0 Å². The third-order valence-electron chi connectivity index (χ3n) is 3.83. The summed E-state index contributed by atoms with van der Waals surface area (Å²) in [7, 11) is 0. The molecule has 24 heavy (non-hydrogen) atoms. The van der Waals surface area contributed by atoms with Crippen LogP contribution in [0.25, 0.3) is 0 Å². The second-order valence-corrected chi connectivity index (χ2v) is 7.26. The molecule has 1 fully saturated rings. The van der Waals surface area contributed by atoms with Crippen LogP contribution in [0.5, 0.6) is 0 Å². The molecule has 0 spiro atoms. The highest BCUT2D eigenvalue weighted by molar-refractivity contribution is 7.99. The van der Waals surface area contributed by atoms with Gasteiger partial charge in [0.15, 0.2) is 0 Å². The van der Waals surface area contributed by atoms with Crippen molar-refractivity contribution in [2.75, 3.05) is 29.9 Å². The maximum absolute atomic E-state index is 11.2. The van der Waals surface area contributed by atoms with Gasteiger partial charge in [-0.15, -0.1) is 0 Å². The lowest BCUT2D eigenvalue weighted by molar-refractivity contribution is 0.1000. The highest BCUT2D eigenvalue weighted by Crippen LogP contribution is 2.25. The van der Waals surface area contributed by atoms with Crippen LogP contribution in [0.1, 0.15) is 15.9 Å². The fourth-order valence-corrected chi connectivity index (χ4v) is 3.76. The van der Waals surface area contributed by atoms with E-state index in [0.29, 0.717) is 16.4 Å². The summed E-state index contributed by atoms with van der Waals surface area (Å²) in [5.74, 6) is 2.36. The van der Waals surface area contributed by atoms with E-state index in [4.69, 9.17) is 17.3 Å². The molecular weight excluding hydrogens is 344 g/mol. The van der Waals surface area contributed by atoms with Crippen LogP contribution in [0.4, 0.5) is 11.5 Å². The average molecular weight is 363 g/mol. The number of carbonyl (C=O) groups excluding carboxylic acids is 1. The second kappa shape index (κ2) is 7.88. The number of aromatic nitrogens is 1. The van der Waals surface area contributed by atoms with Gasteiger partial charge in [-0.2, -0.15) is 11.8 Å². The van der Waals surface area contributed by atoms with E-state index in [0.717, 1.165) is 25.3 Å². The number of nitrogens with two attached hydrogens (primary N) is 1. The average Bonchev–Trinajstić information content (AvgIpc) is 2.58. The predicted molar refractivity (Wildman–Crippen MR) is 100 cm³/mol. The van der Waals surface area contributed by atoms with E-state index < -0.39 is 5.91 Å². The summed E-state index contributed by atoms with van der Waals surface area (Å²) in [6.07, 6.45) is 1.42. The molecule has 0 aliphatic carbocycles. The standard InChI is InChI=1S/C17H19ClN4OS/c18-15-9-13(16(19)23)10-20-17(15)21-14-3-1-2-12(8-14)11-22-4-6-24-7-5-22/h1-3,8-10H,4-7,11H2,(H2,19,23)(H,20,21). The molecule has 1 saturated heterocycles. The lowest BCUT2D eigenvalue weighted by Gasteiger charge is -2.26. The molecule has 126 valence electrons. The van der Waals surface area contributed by atoms with Crippen LogP contribution >= 0.6 is 23.4 Å². The number of halogens is 1. The number of nitrogens with zero attached hydrogens (tertiary/aromatic N) is 2. The summed E-state index contributed by atoms with van der Waals surface area (Å²) in [5.41, 5.74) is 7.69. The molecule has 1 aromatic heterocycles. The Balaban J connectivity index is 1.71. The number of pyridine rings is 1. The number of benzene rings is 1. The first-order valence-corrected chi connectivity index (χ1v) is 9.26. The van der Waals surface area contributed by atoms with E-state index in [1.807, 2.05) is 23.9 Å². The molecule has 3 rings (SSSR count). The van der Waals surface area contributed by atoms with Crippen LogP contribution < -0.4 is 11.1 Å². The van der Waals surface area contributed by atoms with E-state index in [1.165, 1.54) is 29.3 Å². The summed E-state index contributed by atoms with van der Waals surface area (Å²) < 4.78 is 0. The number of rotatable bonds is 5. The molecule has 2 heterocycles. The van der Waals surface area contributed by atoms with Gasteiger partial charge in [0.05, 0.1) is 10.6 Å². The molecule has 2 aromatic rings. The van der Waals surface area contributed by atoms with Crippen molar-refractivity contribution in [3.8, 4) is 0 Å². The van der Waals surface area contributed by atoms with E-state index in [9.17, 15) is 4.79 Å². The molecule has 1 aliphatic rings. The third-order valence-corrected chi connectivity index (χ3v) is 5.06. The van der Waals surface area contributed by atoms with E-state index in [1.54, 1.807) is 0 Å². The van der Waals surface area contributed by atoms with Crippen LogP contribution in [0.2, 0.25) is 5.02 Å². The van der Waals surface area contributed by atoms with Crippen molar-refractivity contribution in [3.63, 3.8) is 0 Å². The topological polar surface area (TPSA) is 71.2 Å². The first-order chi connectivity index (χ1) is 11.6. The summed E-state index contributed by atoms with van der Waals surface area (Å²) in [6.45, 7) is 3.20. The second-order valence-electron chi connectivity index (χ2n) is 5.63. The van der Waals surface area contributed by atoms with Gasteiger partial charge in [0.1, 0.15) is 5.82 Å².